The summed E-state index contributed by atoms with van der Waals surface area (Å²) < 4.78 is 0. The molecule has 15 heavy (non-hydrogen) atoms. The molecular weight excluding hydrogens is 186 g/mol. The van der Waals surface area contributed by atoms with E-state index in [2.05, 4.69) is 41.2 Å². The van der Waals surface area contributed by atoms with Crippen molar-refractivity contribution in [3.63, 3.8) is 0 Å². The SMILES string of the molecule is CC1CN(C(C)c2ccncc2)CCN1. The molecule has 1 aromatic heterocycles. The highest BCUT2D eigenvalue weighted by molar-refractivity contribution is 5.14. The van der Waals surface area contributed by atoms with Crippen molar-refractivity contribution in [2.75, 3.05) is 19.6 Å². The van der Waals surface area contributed by atoms with Crippen LogP contribution in [0.25, 0.3) is 0 Å². The Bertz CT molecular complexity index is 299. The van der Waals surface area contributed by atoms with Crippen molar-refractivity contribution in [1.29, 1.82) is 0 Å². The second-order valence-corrected chi connectivity index (χ2v) is 4.31. The number of nitrogens with zero attached hydrogens (tertiary/aromatic N) is 2. The van der Waals surface area contributed by atoms with Crippen LogP contribution in [0.4, 0.5) is 0 Å². The lowest BCUT2D eigenvalue weighted by molar-refractivity contribution is 0.158. The van der Waals surface area contributed by atoms with Crippen molar-refractivity contribution in [3.8, 4) is 0 Å². The van der Waals surface area contributed by atoms with Crippen LogP contribution in [0.15, 0.2) is 24.5 Å². The molecule has 0 bridgehead atoms. The van der Waals surface area contributed by atoms with Gasteiger partial charge in [-0.05, 0) is 31.5 Å². The van der Waals surface area contributed by atoms with E-state index in [1.54, 1.807) is 0 Å². The third kappa shape index (κ3) is 2.55. The number of aromatic nitrogens is 1. The van der Waals surface area contributed by atoms with Crippen molar-refractivity contribution in [2.45, 2.75) is 25.9 Å². The van der Waals surface area contributed by atoms with E-state index in [9.17, 15) is 0 Å². The molecule has 1 aliphatic heterocycles. The molecule has 1 aliphatic rings. The molecule has 1 fully saturated rings. The van der Waals surface area contributed by atoms with E-state index in [-0.39, 0.29) is 0 Å². The highest BCUT2D eigenvalue weighted by Gasteiger charge is 2.21. The predicted molar refractivity (Wildman–Crippen MR) is 61.7 cm³/mol. The van der Waals surface area contributed by atoms with Gasteiger partial charge < -0.3 is 5.32 Å². The van der Waals surface area contributed by atoms with Crippen molar-refractivity contribution in [2.24, 2.45) is 0 Å². The average molecular weight is 205 g/mol. The number of pyridine rings is 1. The Balaban J connectivity index is 2.04. The average Bonchev–Trinajstić information content (AvgIpc) is 2.29. The Hall–Kier alpha value is -0.930. The van der Waals surface area contributed by atoms with Crippen molar-refractivity contribution >= 4 is 0 Å². The Kier molecular flexibility index (Phi) is 3.34. The molecule has 82 valence electrons. The van der Waals surface area contributed by atoms with Crippen molar-refractivity contribution in [3.05, 3.63) is 30.1 Å². The first-order valence-electron chi connectivity index (χ1n) is 5.64. The van der Waals surface area contributed by atoms with Gasteiger partial charge in [0.2, 0.25) is 0 Å². The second kappa shape index (κ2) is 4.73. The molecule has 0 aromatic carbocycles. The Morgan fingerprint density at radius 3 is 2.87 bits per heavy atom. The molecule has 1 N–H and O–H groups in total. The first kappa shape index (κ1) is 10.6. The maximum atomic E-state index is 4.06. The van der Waals surface area contributed by atoms with Crippen LogP contribution >= 0.6 is 0 Å². The normalized spacial score (nSPS) is 25.1. The molecule has 2 unspecified atom stereocenters. The van der Waals surface area contributed by atoms with E-state index in [0.717, 1.165) is 19.6 Å². The van der Waals surface area contributed by atoms with Crippen LogP contribution in [0.5, 0.6) is 0 Å². The highest BCUT2D eigenvalue weighted by Crippen LogP contribution is 2.20. The minimum atomic E-state index is 0.498. The summed E-state index contributed by atoms with van der Waals surface area (Å²) in [6, 6.07) is 5.31. The number of nitrogens with one attached hydrogen (secondary N) is 1. The molecule has 3 heteroatoms. The van der Waals surface area contributed by atoms with Crippen LogP contribution in [-0.4, -0.2) is 35.6 Å². The first-order valence-corrected chi connectivity index (χ1v) is 5.64. The minimum Gasteiger partial charge on any atom is -0.312 e. The summed E-state index contributed by atoms with van der Waals surface area (Å²) in [7, 11) is 0. The van der Waals surface area contributed by atoms with Gasteiger partial charge in [-0.1, -0.05) is 0 Å². The standard InChI is InChI=1S/C12H19N3/c1-10-9-15(8-7-14-10)11(2)12-3-5-13-6-4-12/h3-6,10-11,14H,7-9H2,1-2H3. The highest BCUT2D eigenvalue weighted by atomic mass is 15.2. The molecule has 0 spiro atoms. The van der Waals surface area contributed by atoms with Gasteiger partial charge in [0.05, 0.1) is 0 Å². The summed E-state index contributed by atoms with van der Waals surface area (Å²) in [4.78, 5) is 6.58. The zero-order chi connectivity index (χ0) is 10.7. The van der Waals surface area contributed by atoms with Gasteiger partial charge in [-0.2, -0.15) is 0 Å². The number of hydrogen-bond acceptors (Lipinski definition) is 3. The fourth-order valence-electron chi connectivity index (χ4n) is 2.17. The summed E-state index contributed by atoms with van der Waals surface area (Å²) in [5, 5.41) is 3.46. The molecule has 0 amide bonds. The summed E-state index contributed by atoms with van der Waals surface area (Å²) in [5.74, 6) is 0. The zero-order valence-corrected chi connectivity index (χ0v) is 9.48. The van der Waals surface area contributed by atoms with Gasteiger partial charge in [-0.15, -0.1) is 0 Å². The third-order valence-electron chi connectivity index (χ3n) is 3.14. The number of rotatable bonds is 2. The largest absolute Gasteiger partial charge is 0.312 e. The Morgan fingerprint density at radius 1 is 1.47 bits per heavy atom. The topological polar surface area (TPSA) is 28.2 Å². The summed E-state index contributed by atoms with van der Waals surface area (Å²) in [6.07, 6.45) is 3.74. The minimum absolute atomic E-state index is 0.498. The van der Waals surface area contributed by atoms with E-state index in [0.29, 0.717) is 12.1 Å². The van der Waals surface area contributed by atoms with Gasteiger partial charge in [0.15, 0.2) is 0 Å². The van der Waals surface area contributed by atoms with Gasteiger partial charge in [0.1, 0.15) is 0 Å². The molecule has 1 aromatic rings. The van der Waals surface area contributed by atoms with Crippen LogP contribution in [0.3, 0.4) is 0 Å². The molecular formula is C12H19N3. The fraction of sp³-hybridized carbons (Fsp3) is 0.583. The Labute approximate surface area is 91.5 Å². The monoisotopic (exact) mass is 205 g/mol. The van der Waals surface area contributed by atoms with E-state index >= 15 is 0 Å². The molecule has 0 radical (unpaired) electrons. The van der Waals surface area contributed by atoms with Crippen molar-refractivity contribution < 1.29 is 0 Å². The summed E-state index contributed by atoms with van der Waals surface area (Å²) >= 11 is 0. The molecule has 2 atom stereocenters. The maximum absolute atomic E-state index is 4.06. The van der Waals surface area contributed by atoms with Crippen LogP contribution in [-0.2, 0) is 0 Å². The van der Waals surface area contributed by atoms with Gasteiger partial charge in [-0.25, -0.2) is 0 Å². The lowest BCUT2D eigenvalue weighted by atomic mass is 10.1. The second-order valence-electron chi connectivity index (χ2n) is 4.31. The smallest absolute Gasteiger partial charge is 0.0322 e. The van der Waals surface area contributed by atoms with Gasteiger partial charge in [-0.3, -0.25) is 9.88 Å². The number of hydrogen-bond donors (Lipinski definition) is 1. The number of piperazine rings is 1. The van der Waals surface area contributed by atoms with Gasteiger partial charge >= 0.3 is 0 Å². The van der Waals surface area contributed by atoms with E-state index in [4.69, 9.17) is 0 Å². The van der Waals surface area contributed by atoms with Gasteiger partial charge in [0, 0.05) is 44.1 Å². The predicted octanol–water partition coefficient (Wildman–Crippen LogP) is 1.44. The zero-order valence-electron chi connectivity index (χ0n) is 9.48. The quantitative estimate of drug-likeness (QED) is 0.792. The third-order valence-corrected chi connectivity index (χ3v) is 3.14. The van der Waals surface area contributed by atoms with Crippen LogP contribution in [0.2, 0.25) is 0 Å². The lowest BCUT2D eigenvalue weighted by Crippen LogP contribution is -2.49. The van der Waals surface area contributed by atoms with Crippen LogP contribution < -0.4 is 5.32 Å². The molecule has 2 rings (SSSR count). The first-order chi connectivity index (χ1) is 7.27. The fourth-order valence-corrected chi connectivity index (χ4v) is 2.17. The van der Waals surface area contributed by atoms with E-state index in [1.807, 2.05) is 12.4 Å². The molecule has 2 heterocycles. The Morgan fingerprint density at radius 2 is 2.20 bits per heavy atom. The van der Waals surface area contributed by atoms with Gasteiger partial charge in [0.25, 0.3) is 0 Å². The molecule has 1 saturated heterocycles. The summed E-state index contributed by atoms with van der Waals surface area (Å²) in [6.45, 7) is 7.87. The van der Waals surface area contributed by atoms with E-state index in [1.165, 1.54) is 5.56 Å². The van der Waals surface area contributed by atoms with Crippen molar-refractivity contribution in [1.82, 2.24) is 15.2 Å². The van der Waals surface area contributed by atoms with E-state index < -0.39 is 0 Å². The van der Waals surface area contributed by atoms with Crippen LogP contribution in [0.1, 0.15) is 25.5 Å². The maximum Gasteiger partial charge on any atom is 0.0322 e. The van der Waals surface area contributed by atoms with Crippen LogP contribution in [0, 0.1) is 0 Å². The summed E-state index contributed by atoms with van der Waals surface area (Å²) in [5.41, 5.74) is 1.36. The lowest BCUT2D eigenvalue weighted by Gasteiger charge is -2.36. The molecule has 0 saturated carbocycles. The molecule has 0 aliphatic carbocycles. The molecule has 3 nitrogen and oxygen atoms in total.